The van der Waals surface area contributed by atoms with Gasteiger partial charge < -0.3 is 0 Å². The second-order valence-electron chi connectivity index (χ2n) is 8.92. The van der Waals surface area contributed by atoms with Crippen LogP contribution < -0.4 is 10.6 Å². The summed E-state index contributed by atoms with van der Waals surface area (Å²) in [4.78, 5) is 0.416. The molecule has 0 unspecified atom stereocenters. The Morgan fingerprint density at radius 2 is 1.13 bits per heavy atom. The third-order valence-corrected chi connectivity index (χ3v) is 10.2. The molecule has 0 amide bonds. The van der Waals surface area contributed by atoms with Gasteiger partial charge in [-0.3, -0.25) is 0 Å². The van der Waals surface area contributed by atoms with Gasteiger partial charge in [-0.15, -0.1) is 0 Å². The van der Waals surface area contributed by atoms with E-state index in [1.807, 2.05) is 42.5 Å². The summed E-state index contributed by atoms with van der Waals surface area (Å²) in [6.45, 7) is 6.54. The van der Waals surface area contributed by atoms with E-state index in [4.69, 9.17) is 19.4 Å². The molecule has 0 spiro atoms. The minimum absolute atomic E-state index is 0.190. The van der Waals surface area contributed by atoms with E-state index in [9.17, 15) is 8.42 Å². The van der Waals surface area contributed by atoms with Crippen LogP contribution in [0, 0.1) is 6.92 Å². The maximum atomic E-state index is 12.5. The van der Waals surface area contributed by atoms with Gasteiger partial charge in [-0.25, -0.2) is 8.42 Å². The van der Waals surface area contributed by atoms with Gasteiger partial charge in [0.2, 0.25) is 0 Å². The van der Waals surface area contributed by atoms with Crippen LogP contribution in [0.3, 0.4) is 0 Å². The number of benzene rings is 4. The predicted octanol–water partition coefficient (Wildman–Crippen LogP) is 8.48. The van der Waals surface area contributed by atoms with Crippen molar-refractivity contribution in [2.75, 3.05) is 11.9 Å². The summed E-state index contributed by atoms with van der Waals surface area (Å²) in [7, 11) is 5.96. The Hall–Kier alpha value is -1.54. The molecule has 204 valence electrons. The summed E-state index contributed by atoms with van der Waals surface area (Å²) < 4.78 is 25.0. The molecule has 0 aliphatic heterocycles. The summed E-state index contributed by atoms with van der Waals surface area (Å²) in [5.41, 5.74) is 2.76. The summed E-state index contributed by atoms with van der Waals surface area (Å²) in [5, 5.41) is 2.58. The molecule has 0 aliphatic rings. The quantitative estimate of drug-likeness (QED) is 0.139. The number of halogens is 2. The number of rotatable bonds is 8. The Labute approximate surface area is 246 Å². The Balaban J connectivity index is 0.000000324. The van der Waals surface area contributed by atoms with Gasteiger partial charge in [0.05, 0.1) is 10.6 Å². The van der Waals surface area contributed by atoms with E-state index >= 15 is 0 Å². The predicted molar refractivity (Wildman–Crippen MR) is 164 cm³/mol. The summed E-state index contributed by atoms with van der Waals surface area (Å²) in [6, 6.07) is 38.2. The van der Waals surface area contributed by atoms with E-state index in [-0.39, 0.29) is 20.9 Å². The molecule has 4 aromatic rings. The van der Waals surface area contributed by atoms with Crippen LogP contribution in [-0.4, -0.2) is 20.3 Å². The molecule has 0 N–H and O–H groups in total. The van der Waals surface area contributed by atoms with E-state index in [1.54, 1.807) is 24.3 Å². The molecule has 0 heterocycles. The molecule has 0 aromatic heterocycles. The van der Waals surface area contributed by atoms with Crippen molar-refractivity contribution in [3.63, 3.8) is 0 Å². The molecule has 38 heavy (non-hydrogen) atoms. The number of aryl methyl sites for hydroxylation is 1. The molecular formula is C31H35Cl2O2PRuS. The van der Waals surface area contributed by atoms with Gasteiger partial charge in [-0.2, -0.15) is 0 Å². The Morgan fingerprint density at radius 3 is 1.55 bits per heavy atom. The van der Waals surface area contributed by atoms with Crippen LogP contribution in [0.5, 0.6) is 0 Å². The molecule has 0 saturated carbocycles. The fourth-order valence-corrected chi connectivity index (χ4v) is 7.63. The standard InChI is InChI=1S/C21H21O2PS.C10H14.2ClH.Ru/c22-25(23,21-15-8-3-9-16-21)18-10-17-24(19-11-4-1-5-12-19)20-13-6-2-7-14-20;1-8(2)10-6-4-9(3)5-7-10;;;/h1-9,11-16H,10,17-18H2;4-8H,1-3H3;2*1H;/q;;;;+2/p-2. The molecule has 7 heteroatoms. The molecule has 4 aromatic carbocycles. The van der Waals surface area contributed by atoms with Crippen LogP contribution in [0.2, 0.25) is 0 Å². The second kappa shape index (κ2) is 17.9. The molecule has 4 rings (SSSR count). The monoisotopic (exact) mass is 674 g/mol. The van der Waals surface area contributed by atoms with Crippen LogP contribution in [0.1, 0.15) is 37.3 Å². The number of hydrogen-bond donors (Lipinski definition) is 0. The summed E-state index contributed by atoms with van der Waals surface area (Å²) in [6.07, 6.45) is 1.53. The van der Waals surface area contributed by atoms with Crippen LogP contribution in [0.15, 0.2) is 120 Å². The topological polar surface area (TPSA) is 34.1 Å². The van der Waals surface area contributed by atoms with E-state index in [2.05, 4.69) is 69.3 Å². The Kier molecular flexibility index (Phi) is 15.4. The van der Waals surface area contributed by atoms with E-state index in [0.717, 1.165) is 6.16 Å². The molecule has 0 aliphatic carbocycles. The first kappa shape index (κ1) is 32.7. The van der Waals surface area contributed by atoms with Crippen molar-refractivity contribution in [3.8, 4) is 0 Å². The molecule has 0 saturated heterocycles. The molecule has 2 nitrogen and oxygen atoms in total. The number of sulfone groups is 1. The van der Waals surface area contributed by atoms with Crippen LogP contribution in [0.25, 0.3) is 0 Å². The molecule has 0 fully saturated rings. The van der Waals surface area contributed by atoms with Crippen molar-refractivity contribution in [2.45, 2.75) is 38.0 Å². The molecular weight excluding hydrogens is 639 g/mol. The van der Waals surface area contributed by atoms with Crippen molar-refractivity contribution in [1.82, 2.24) is 0 Å². The maximum absolute atomic E-state index is 12.5. The third-order valence-electron chi connectivity index (χ3n) is 5.78. The van der Waals surface area contributed by atoms with Gasteiger partial charge in [-0.1, -0.05) is 123 Å². The van der Waals surface area contributed by atoms with Gasteiger partial charge in [0, 0.05) is 0 Å². The van der Waals surface area contributed by atoms with Gasteiger partial charge >= 0.3 is 34.5 Å². The first-order valence-corrected chi connectivity index (χ1v) is 20.0. The fraction of sp³-hybridized carbons (Fsp3) is 0.226. The van der Waals surface area contributed by atoms with Crippen LogP contribution >= 0.6 is 27.3 Å². The molecule has 0 atom stereocenters. The first-order chi connectivity index (χ1) is 18.3. The van der Waals surface area contributed by atoms with Crippen molar-refractivity contribution < 1.29 is 23.6 Å². The Morgan fingerprint density at radius 1 is 0.711 bits per heavy atom. The Bertz CT molecular complexity index is 1230. The zero-order chi connectivity index (χ0) is 27.8. The SMILES string of the molecule is Cc1ccc(C(C)C)cc1.O=S(=O)(CCCP(c1ccccc1)c1ccccc1)c1ccccc1.[Cl][Ru][Cl]. The van der Waals surface area contributed by atoms with Crippen molar-refractivity contribution in [3.05, 3.63) is 126 Å². The number of hydrogen-bond acceptors (Lipinski definition) is 2. The third kappa shape index (κ3) is 11.7. The van der Waals surface area contributed by atoms with Crippen molar-refractivity contribution in [2.24, 2.45) is 0 Å². The first-order valence-electron chi connectivity index (χ1n) is 12.4. The normalized spacial score (nSPS) is 10.9. The molecule has 0 radical (unpaired) electrons. The van der Waals surface area contributed by atoms with Crippen LogP contribution in [-0.2, 0) is 25.0 Å². The van der Waals surface area contributed by atoms with Crippen molar-refractivity contribution in [1.29, 1.82) is 0 Å². The van der Waals surface area contributed by atoms with E-state index in [1.165, 1.54) is 21.7 Å². The minimum atomic E-state index is -3.21. The van der Waals surface area contributed by atoms with Gasteiger partial charge in [0.1, 0.15) is 0 Å². The van der Waals surface area contributed by atoms with E-state index < -0.39 is 17.8 Å². The average Bonchev–Trinajstić information content (AvgIpc) is 2.94. The zero-order valence-electron chi connectivity index (χ0n) is 21.9. The average molecular weight is 675 g/mol. The summed E-state index contributed by atoms with van der Waals surface area (Å²) >= 11 is -0.346. The fourth-order valence-electron chi connectivity index (χ4n) is 3.73. The van der Waals surface area contributed by atoms with E-state index in [0.29, 0.717) is 17.2 Å². The summed E-state index contributed by atoms with van der Waals surface area (Å²) in [5.74, 6) is 0.843. The van der Waals surface area contributed by atoms with Crippen LogP contribution in [0.4, 0.5) is 0 Å². The van der Waals surface area contributed by atoms with Gasteiger partial charge in [0.15, 0.2) is 9.84 Å². The van der Waals surface area contributed by atoms with Gasteiger partial charge in [-0.05, 0) is 61.7 Å². The van der Waals surface area contributed by atoms with Crippen molar-refractivity contribution >= 4 is 47.8 Å². The molecule has 0 bridgehead atoms. The second-order valence-corrected chi connectivity index (χ2v) is 16.0. The zero-order valence-corrected chi connectivity index (χ0v) is 26.9. The van der Waals surface area contributed by atoms with Gasteiger partial charge in [0.25, 0.3) is 0 Å².